The van der Waals surface area contributed by atoms with Crippen molar-refractivity contribution in [1.29, 1.82) is 0 Å². The molecule has 0 saturated heterocycles. The predicted molar refractivity (Wildman–Crippen MR) is 64.3 cm³/mol. The second-order valence-electron chi connectivity index (χ2n) is 4.15. The summed E-state index contributed by atoms with van der Waals surface area (Å²) in [6.07, 6.45) is -0.575. The lowest BCUT2D eigenvalue weighted by Crippen LogP contribution is -2.37. The molecule has 1 unspecified atom stereocenters. The summed E-state index contributed by atoms with van der Waals surface area (Å²) in [5, 5.41) is 14.6. The maximum Gasteiger partial charge on any atom is 0.319 e. The number of amides is 2. The molecule has 17 heavy (non-hydrogen) atoms. The number of nitrogens with one attached hydrogen (secondary N) is 2. The minimum atomic E-state index is -0.575. The number of hydrogen-bond donors (Lipinski definition) is 3. The highest BCUT2D eigenvalue weighted by molar-refractivity contribution is 5.89. The van der Waals surface area contributed by atoms with Crippen LogP contribution in [0.2, 0.25) is 0 Å². The summed E-state index contributed by atoms with van der Waals surface area (Å²) in [5.74, 6) is -0.271. The molecule has 1 aromatic rings. The number of aliphatic hydroxyl groups excluding tert-OH is 1. The summed E-state index contributed by atoms with van der Waals surface area (Å²) in [5.41, 5.74) is 0.503. The van der Waals surface area contributed by atoms with Gasteiger partial charge < -0.3 is 15.7 Å². The topological polar surface area (TPSA) is 61.4 Å². The van der Waals surface area contributed by atoms with Crippen LogP contribution in [-0.2, 0) is 0 Å². The fourth-order valence-electron chi connectivity index (χ4n) is 1.14. The summed E-state index contributed by atoms with van der Waals surface area (Å²) in [4.78, 5) is 11.4. The average molecular weight is 240 g/mol. The number of hydrogen-bond acceptors (Lipinski definition) is 2. The fourth-order valence-corrected chi connectivity index (χ4v) is 1.14. The Kier molecular flexibility index (Phi) is 4.90. The smallest absolute Gasteiger partial charge is 0.319 e. The van der Waals surface area contributed by atoms with Crippen LogP contribution in [0, 0.1) is 11.7 Å². The maximum atomic E-state index is 12.6. The number of benzene rings is 1. The van der Waals surface area contributed by atoms with Gasteiger partial charge in [-0.1, -0.05) is 13.8 Å². The van der Waals surface area contributed by atoms with Gasteiger partial charge in [-0.05, 0) is 30.2 Å². The first-order valence-corrected chi connectivity index (χ1v) is 5.47. The molecule has 0 fully saturated rings. The lowest BCUT2D eigenvalue weighted by atomic mass is 10.1. The normalized spacial score (nSPS) is 12.3. The highest BCUT2D eigenvalue weighted by atomic mass is 19.1. The molecule has 94 valence electrons. The Hall–Kier alpha value is -1.62. The highest BCUT2D eigenvalue weighted by Gasteiger charge is 2.10. The molecule has 2 amide bonds. The molecular weight excluding hydrogens is 223 g/mol. The van der Waals surface area contributed by atoms with E-state index in [-0.39, 0.29) is 18.3 Å². The zero-order valence-electron chi connectivity index (χ0n) is 9.90. The Bertz CT molecular complexity index is 365. The zero-order chi connectivity index (χ0) is 12.8. The molecule has 0 aliphatic rings. The molecule has 0 saturated carbocycles. The van der Waals surface area contributed by atoms with Crippen molar-refractivity contribution >= 4 is 11.7 Å². The second kappa shape index (κ2) is 6.20. The Balaban J connectivity index is 2.37. The molecular formula is C12H17FN2O2. The first-order chi connectivity index (χ1) is 7.99. The molecule has 0 spiro atoms. The van der Waals surface area contributed by atoms with Crippen molar-refractivity contribution in [3.63, 3.8) is 0 Å². The number of aliphatic hydroxyl groups is 1. The van der Waals surface area contributed by atoms with Gasteiger partial charge in [0, 0.05) is 12.2 Å². The van der Waals surface area contributed by atoms with Crippen LogP contribution in [0.15, 0.2) is 24.3 Å². The molecule has 1 rings (SSSR count). The van der Waals surface area contributed by atoms with Crippen LogP contribution in [-0.4, -0.2) is 23.8 Å². The van der Waals surface area contributed by atoms with Gasteiger partial charge in [-0.25, -0.2) is 9.18 Å². The SMILES string of the molecule is CC(C)C(O)CNC(=O)Nc1ccc(F)cc1. The van der Waals surface area contributed by atoms with Crippen LogP contribution < -0.4 is 10.6 Å². The van der Waals surface area contributed by atoms with Crippen molar-refractivity contribution in [2.24, 2.45) is 5.92 Å². The van der Waals surface area contributed by atoms with Crippen molar-refractivity contribution in [1.82, 2.24) is 5.32 Å². The van der Waals surface area contributed by atoms with Crippen LogP contribution in [0.25, 0.3) is 0 Å². The molecule has 0 radical (unpaired) electrons. The van der Waals surface area contributed by atoms with Gasteiger partial charge in [0.05, 0.1) is 6.10 Å². The van der Waals surface area contributed by atoms with Crippen molar-refractivity contribution in [3.05, 3.63) is 30.1 Å². The lowest BCUT2D eigenvalue weighted by molar-refractivity contribution is 0.126. The van der Waals surface area contributed by atoms with Crippen molar-refractivity contribution in [2.75, 3.05) is 11.9 Å². The van der Waals surface area contributed by atoms with Crippen LogP contribution in [0.3, 0.4) is 0 Å². The summed E-state index contributed by atoms with van der Waals surface area (Å²) in [6.45, 7) is 3.92. The van der Waals surface area contributed by atoms with Crippen LogP contribution in [0.4, 0.5) is 14.9 Å². The van der Waals surface area contributed by atoms with Gasteiger partial charge in [0.15, 0.2) is 0 Å². The monoisotopic (exact) mass is 240 g/mol. The maximum absolute atomic E-state index is 12.6. The zero-order valence-corrected chi connectivity index (χ0v) is 9.90. The largest absolute Gasteiger partial charge is 0.391 e. The van der Waals surface area contributed by atoms with E-state index < -0.39 is 12.1 Å². The van der Waals surface area contributed by atoms with E-state index >= 15 is 0 Å². The van der Waals surface area contributed by atoms with E-state index in [1.807, 2.05) is 13.8 Å². The third-order valence-electron chi connectivity index (χ3n) is 2.34. The van der Waals surface area contributed by atoms with E-state index in [9.17, 15) is 14.3 Å². The molecule has 3 N–H and O–H groups in total. The Morgan fingerprint density at radius 1 is 1.35 bits per heavy atom. The van der Waals surface area contributed by atoms with E-state index in [4.69, 9.17) is 0 Å². The van der Waals surface area contributed by atoms with E-state index in [1.54, 1.807) is 0 Å². The molecule has 0 aromatic heterocycles. The summed E-state index contributed by atoms with van der Waals surface area (Å²) >= 11 is 0. The molecule has 0 aliphatic carbocycles. The van der Waals surface area contributed by atoms with Gasteiger partial charge >= 0.3 is 6.03 Å². The number of carbonyl (C=O) groups excluding carboxylic acids is 1. The van der Waals surface area contributed by atoms with Crippen molar-refractivity contribution in [3.8, 4) is 0 Å². The van der Waals surface area contributed by atoms with Gasteiger partial charge in [0.1, 0.15) is 5.82 Å². The molecule has 5 heteroatoms. The average Bonchev–Trinajstić information content (AvgIpc) is 2.29. The lowest BCUT2D eigenvalue weighted by Gasteiger charge is -2.15. The standard InChI is InChI=1S/C12H17FN2O2/c1-8(2)11(16)7-14-12(17)15-10-5-3-9(13)4-6-10/h3-6,8,11,16H,7H2,1-2H3,(H2,14,15,17). The number of carbonyl (C=O) groups is 1. The molecule has 4 nitrogen and oxygen atoms in total. The minimum absolute atomic E-state index is 0.0844. The van der Waals surface area contributed by atoms with Crippen molar-refractivity contribution < 1.29 is 14.3 Å². The van der Waals surface area contributed by atoms with Gasteiger partial charge in [-0.3, -0.25) is 0 Å². The number of urea groups is 1. The number of halogens is 1. The second-order valence-corrected chi connectivity index (χ2v) is 4.15. The van der Waals surface area contributed by atoms with E-state index in [0.717, 1.165) is 0 Å². The molecule has 0 heterocycles. The minimum Gasteiger partial charge on any atom is -0.391 e. The van der Waals surface area contributed by atoms with Crippen LogP contribution in [0.5, 0.6) is 0 Å². The van der Waals surface area contributed by atoms with Crippen LogP contribution >= 0.6 is 0 Å². The van der Waals surface area contributed by atoms with Crippen LogP contribution in [0.1, 0.15) is 13.8 Å². The predicted octanol–water partition coefficient (Wildman–Crippen LogP) is 1.96. The van der Waals surface area contributed by atoms with Crippen molar-refractivity contribution in [2.45, 2.75) is 20.0 Å². The molecule has 0 aliphatic heterocycles. The van der Waals surface area contributed by atoms with Gasteiger partial charge in [0.25, 0.3) is 0 Å². The highest BCUT2D eigenvalue weighted by Crippen LogP contribution is 2.07. The number of rotatable bonds is 4. The molecule has 0 bridgehead atoms. The number of anilines is 1. The van der Waals surface area contributed by atoms with Gasteiger partial charge in [-0.2, -0.15) is 0 Å². The third-order valence-corrected chi connectivity index (χ3v) is 2.34. The Morgan fingerprint density at radius 3 is 2.47 bits per heavy atom. The van der Waals surface area contributed by atoms with Gasteiger partial charge in [0.2, 0.25) is 0 Å². The summed E-state index contributed by atoms with van der Waals surface area (Å²) in [7, 11) is 0. The summed E-state index contributed by atoms with van der Waals surface area (Å²) < 4.78 is 12.6. The molecule has 1 atom stereocenters. The molecule has 1 aromatic carbocycles. The van der Waals surface area contributed by atoms with Gasteiger partial charge in [-0.15, -0.1) is 0 Å². The van der Waals surface area contributed by atoms with E-state index in [0.29, 0.717) is 5.69 Å². The fraction of sp³-hybridized carbons (Fsp3) is 0.417. The van der Waals surface area contributed by atoms with E-state index in [1.165, 1.54) is 24.3 Å². The first kappa shape index (κ1) is 13.4. The van der Waals surface area contributed by atoms with E-state index in [2.05, 4.69) is 10.6 Å². The quantitative estimate of drug-likeness (QED) is 0.753. The Morgan fingerprint density at radius 2 is 1.94 bits per heavy atom. The summed E-state index contributed by atoms with van der Waals surface area (Å²) in [6, 6.07) is 5.04. The third kappa shape index (κ3) is 4.82. The first-order valence-electron chi connectivity index (χ1n) is 5.47. The Labute approximate surface area is 99.8 Å².